The maximum atomic E-state index is 12.4. The highest BCUT2D eigenvalue weighted by Crippen LogP contribution is 2.19. The Hall–Kier alpha value is -2.08. The highest BCUT2D eigenvalue weighted by molar-refractivity contribution is 5.78. The predicted octanol–water partition coefficient (Wildman–Crippen LogP) is 0.272. The van der Waals surface area contributed by atoms with Crippen LogP contribution in [0, 0.1) is 0 Å². The third-order valence-electron chi connectivity index (χ3n) is 3.64. The molecule has 6 nitrogen and oxygen atoms in total. The molecule has 1 atom stereocenters. The van der Waals surface area contributed by atoms with Crippen LogP contribution in [-0.2, 0) is 0 Å². The van der Waals surface area contributed by atoms with E-state index in [0.717, 1.165) is 13.0 Å². The molecule has 0 saturated carbocycles. The molecule has 2 heterocycles. The predicted molar refractivity (Wildman–Crippen MR) is 71.6 cm³/mol. The Morgan fingerprint density at radius 2 is 2.16 bits per heavy atom. The Morgan fingerprint density at radius 1 is 1.37 bits per heavy atom. The minimum Gasteiger partial charge on any atom is -0.508 e. The summed E-state index contributed by atoms with van der Waals surface area (Å²) in [6.07, 6.45) is 0.782. The number of aromatic nitrogens is 2. The van der Waals surface area contributed by atoms with Crippen LogP contribution in [0.25, 0.3) is 10.9 Å². The molecule has 2 N–H and O–H groups in total. The first-order chi connectivity index (χ1) is 9.06. The Kier molecular flexibility index (Phi) is 2.67. The molecule has 1 aromatic carbocycles. The molecular formula is C13H15N3O3. The Balaban J connectivity index is 2.25. The maximum absolute atomic E-state index is 12.4. The molecule has 0 spiro atoms. The van der Waals surface area contributed by atoms with Crippen LogP contribution in [0.3, 0.4) is 0 Å². The van der Waals surface area contributed by atoms with Gasteiger partial charge in [-0.1, -0.05) is 0 Å². The number of aromatic amines is 1. The molecule has 19 heavy (non-hydrogen) atoms. The summed E-state index contributed by atoms with van der Waals surface area (Å²) in [4.78, 5) is 29.2. The fraction of sp³-hybridized carbons (Fsp3) is 0.385. The van der Waals surface area contributed by atoms with Crippen molar-refractivity contribution >= 4 is 10.9 Å². The lowest BCUT2D eigenvalue weighted by atomic mass is 10.2. The van der Waals surface area contributed by atoms with Crippen molar-refractivity contribution in [3.8, 4) is 5.75 Å². The normalized spacial score (nSPS) is 20.2. The van der Waals surface area contributed by atoms with Gasteiger partial charge >= 0.3 is 5.69 Å². The summed E-state index contributed by atoms with van der Waals surface area (Å²) in [5.74, 6) is 0.0201. The van der Waals surface area contributed by atoms with E-state index in [1.165, 1.54) is 16.7 Å². The highest BCUT2D eigenvalue weighted by Gasteiger charge is 2.24. The standard InChI is InChI=1S/C13H15N3O3/c1-15-5-4-8(7-15)16-12(18)10-6-9(17)2-3-11(10)14-13(16)19/h2-3,6,8,17H,4-5,7H2,1H3,(H,14,19). The number of likely N-dealkylation sites (tertiary alicyclic amines) is 1. The molecule has 100 valence electrons. The fourth-order valence-corrected chi connectivity index (χ4v) is 2.67. The van der Waals surface area contributed by atoms with Crippen LogP contribution < -0.4 is 11.2 Å². The molecule has 3 rings (SSSR count). The van der Waals surface area contributed by atoms with E-state index in [-0.39, 0.29) is 23.0 Å². The van der Waals surface area contributed by atoms with Gasteiger partial charge in [0.2, 0.25) is 0 Å². The van der Waals surface area contributed by atoms with Crippen LogP contribution in [0.4, 0.5) is 0 Å². The number of phenols is 1. The second-order valence-electron chi connectivity index (χ2n) is 5.04. The summed E-state index contributed by atoms with van der Waals surface area (Å²) in [5.41, 5.74) is -0.270. The first-order valence-corrected chi connectivity index (χ1v) is 6.22. The lowest BCUT2D eigenvalue weighted by molar-refractivity contribution is 0.386. The topological polar surface area (TPSA) is 78.3 Å². The summed E-state index contributed by atoms with van der Waals surface area (Å²) in [6, 6.07) is 4.28. The quantitative estimate of drug-likeness (QED) is 0.772. The van der Waals surface area contributed by atoms with Gasteiger partial charge in [0.15, 0.2) is 0 Å². The number of benzene rings is 1. The molecule has 1 fully saturated rings. The molecule has 6 heteroatoms. The van der Waals surface area contributed by atoms with E-state index in [2.05, 4.69) is 9.88 Å². The number of nitrogens with zero attached hydrogens (tertiary/aromatic N) is 2. The van der Waals surface area contributed by atoms with Gasteiger partial charge in [-0.25, -0.2) is 4.79 Å². The molecule has 1 aromatic heterocycles. The summed E-state index contributed by atoms with van der Waals surface area (Å²) >= 11 is 0. The van der Waals surface area contributed by atoms with Crippen LogP contribution in [0.2, 0.25) is 0 Å². The van der Waals surface area contributed by atoms with Crippen LogP contribution >= 0.6 is 0 Å². The van der Waals surface area contributed by atoms with E-state index >= 15 is 0 Å². The molecule has 1 unspecified atom stereocenters. The number of aromatic hydroxyl groups is 1. The van der Waals surface area contributed by atoms with Gasteiger partial charge in [0.1, 0.15) is 5.75 Å². The van der Waals surface area contributed by atoms with Gasteiger partial charge in [-0.2, -0.15) is 0 Å². The van der Waals surface area contributed by atoms with Crippen molar-refractivity contribution < 1.29 is 5.11 Å². The Bertz CT molecular complexity index is 747. The number of rotatable bonds is 1. The molecule has 0 radical (unpaired) electrons. The van der Waals surface area contributed by atoms with Gasteiger partial charge in [0, 0.05) is 6.54 Å². The van der Waals surface area contributed by atoms with Crippen LogP contribution in [0.1, 0.15) is 12.5 Å². The van der Waals surface area contributed by atoms with E-state index in [1.54, 1.807) is 6.07 Å². The number of fused-ring (bicyclic) bond motifs is 1. The SMILES string of the molecule is CN1CCC(n2c(=O)[nH]c3ccc(O)cc3c2=O)C1. The third kappa shape index (κ3) is 1.94. The number of phenolic OH excluding ortho intramolecular Hbond substituents is 1. The van der Waals surface area contributed by atoms with Gasteiger partial charge in [-0.05, 0) is 38.2 Å². The van der Waals surface area contributed by atoms with Gasteiger partial charge in [-0.15, -0.1) is 0 Å². The first kappa shape index (κ1) is 12.0. The smallest absolute Gasteiger partial charge is 0.329 e. The highest BCUT2D eigenvalue weighted by atomic mass is 16.3. The van der Waals surface area contributed by atoms with Gasteiger partial charge in [0.05, 0.1) is 16.9 Å². The minimum atomic E-state index is -0.386. The van der Waals surface area contributed by atoms with Gasteiger partial charge < -0.3 is 15.0 Å². The first-order valence-electron chi connectivity index (χ1n) is 6.22. The average molecular weight is 261 g/mol. The molecule has 1 saturated heterocycles. The molecule has 1 aliphatic rings. The molecule has 0 bridgehead atoms. The number of hydrogen-bond acceptors (Lipinski definition) is 4. The van der Waals surface area contributed by atoms with E-state index in [4.69, 9.17) is 0 Å². The largest absolute Gasteiger partial charge is 0.508 e. The lowest BCUT2D eigenvalue weighted by Gasteiger charge is -2.13. The summed E-state index contributed by atoms with van der Waals surface area (Å²) in [6.45, 7) is 1.56. The second kappa shape index (κ2) is 4.24. The van der Waals surface area contributed by atoms with Crippen LogP contribution in [0.5, 0.6) is 5.75 Å². The van der Waals surface area contributed by atoms with Crippen molar-refractivity contribution in [2.45, 2.75) is 12.5 Å². The van der Waals surface area contributed by atoms with Crippen LogP contribution in [0.15, 0.2) is 27.8 Å². The summed E-state index contributed by atoms with van der Waals surface area (Å²) in [7, 11) is 1.96. The van der Waals surface area contributed by atoms with E-state index in [1.807, 2.05) is 7.05 Å². The summed E-state index contributed by atoms with van der Waals surface area (Å²) < 4.78 is 1.27. The van der Waals surface area contributed by atoms with E-state index in [0.29, 0.717) is 17.4 Å². The monoisotopic (exact) mass is 261 g/mol. The molecule has 1 aliphatic heterocycles. The zero-order chi connectivity index (χ0) is 13.6. The number of hydrogen-bond donors (Lipinski definition) is 2. The fourth-order valence-electron chi connectivity index (χ4n) is 2.67. The zero-order valence-electron chi connectivity index (χ0n) is 10.6. The minimum absolute atomic E-state index is 0.0201. The van der Waals surface area contributed by atoms with Crippen molar-refractivity contribution in [3.63, 3.8) is 0 Å². The van der Waals surface area contributed by atoms with Gasteiger partial charge in [-0.3, -0.25) is 9.36 Å². The second-order valence-corrected chi connectivity index (χ2v) is 5.04. The van der Waals surface area contributed by atoms with Crippen molar-refractivity contribution in [2.24, 2.45) is 0 Å². The maximum Gasteiger partial charge on any atom is 0.329 e. The van der Waals surface area contributed by atoms with Crippen molar-refractivity contribution in [2.75, 3.05) is 20.1 Å². The number of likely N-dealkylation sites (N-methyl/N-ethyl adjacent to an activating group) is 1. The van der Waals surface area contributed by atoms with Crippen molar-refractivity contribution in [3.05, 3.63) is 39.0 Å². The summed E-state index contributed by atoms with van der Waals surface area (Å²) in [5, 5.41) is 9.82. The van der Waals surface area contributed by atoms with E-state index in [9.17, 15) is 14.7 Å². The molecule has 0 amide bonds. The lowest BCUT2D eigenvalue weighted by Crippen LogP contribution is -2.38. The Morgan fingerprint density at radius 3 is 2.84 bits per heavy atom. The van der Waals surface area contributed by atoms with Crippen molar-refractivity contribution in [1.29, 1.82) is 0 Å². The number of nitrogens with one attached hydrogen (secondary N) is 1. The molecule has 0 aliphatic carbocycles. The number of H-pyrrole nitrogens is 1. The Labute approximate surface area is 108 Å². The third-order valence-corrected chi connectivity index (χ3v) is 3.64. The average Bonchev–Trinajstić information content (AvgIpc) is 2.77. The zero-order valence-corrected chi connectivity index (χ0v) is 10.6. The van der Waals surface area contributed by atoms with Crippen molar-refractivity contribution in [1.82, 2.24) is 14.5 Å². The van der Waals surface area contributed by atoms with Crippen LogP contribution in [-0.4, -0.2) is 39.7 Å². The van der Waals surface area contributed by atoms with Gasteiger partial charge in [0.25, 0.3) is 5.56 Å². The molecular weight excluding hydrogens is 246 g/mol. The molecule has 2 aromatic rings. The van der Waals surface area contributed by atoms with E-state index < -0.39 is 0 Å².